The average Bonchev–Trinajstić information content (AvgIpc) is 2.50. The highest BCUT2D eigenvalue weighted by molar-refractivity contribution is 6.30. The number of methoxy groups -OCH3 is 1. The summed E-state index contributed by atoms with van der Waals surface area (Å²) in [6.45, 7) is 1.42. The Morgan fingerprint density at radius 2 is 1.91 bits per heavy atom. The van der Waals surface area contributed by atoms with E-state index in [4.69, 9.17) is 16.3 Å². The van der Waals surface area contributed by atoms with Crippen LogP contribution in [0.25, 0.3) is 0 Å². The number of rotatable bonds is 5. The maximum atomic E-state index is 12.3. The summed E-state index contributed by atoms with van der Waals surface area (Å²) in [5, 5.41) is 3.59. The molecule has 0 unspecified atom stereocenters. The van der Waals surface area contributed by atoms with Crippen molar-refractivity contribution in [1.29, 1.82) is 0 Å². The average molecular weight is 325 g/mol. The number of carbonyl (C=O) groups is 2. The van der Waals surface area contributed by atoms with Crippen LogP contribution in [-0.2, 0) is 20.7 Å². The molecule has 1 fully saturated rings. The summed E-state index contributed by atoms with van der Waals surface area (Å²) in [6, 6.07) is 7.46. The lowest BCUT2D eigenvalue weighted by atomic mass is 10.0. The first-order chi connectivity index (χ1) is 10.6. The fourth-order valence-corrected chi connectivity index (χ4v) is 2.69. The predicted octanol–water partition coefficient (Wildman–Crippen LogP) is 1.64. The van der Waals surface area contributed by atoms with Crippen LogP contribution in [0.5, 0.6) is 0 Å². The van der Waals surface area contributed by atoms with Crippen molar-refractivity contribution in [3.63, 3.8) is 0 Å². The molecular formula is C16H21ClN2O3. The number of piperidine rings is 1. The molecule has 1 aromatic rings. The van der Waals surface area contributed by atoms with Gasteiger partial charge in [0.25, 0.3) is 0 Å². The maximum Gasteiger partial charge on any atom is 0.246 e. The molecule has 1 aromatic carbocycles. The minimum atomic E-state index is -0.103. The number of ether oxygens (including phenoxy) is 1. The van der Waals surface area contributed by atoms with Gasteiger partial charge in [-0.1, -0.05) is 23.7 Å². The summed E-state index contributed by atoms with van der Waals surface area (Å²) >= 11 is 5.84. The smallest absolute Gasteiger partial charge is 0.246 e. The standard InChI is InChI=1S/C16H21ClN2O3/c1-22-11-15(20)18-14-6-8-19(9-7-14)16(21)10-12-2-4-13(17)5-3-12/h2-5,14H,6-11H2,1H3,(H,18,20). The van der Waals surface area contributed by atoms with Gasteiger partial charge in [0.2, 0.25) is 11.8 Å². The Kier molecular flexibility index (Phi) is 6.21. The summed E-state index contributed by atoms with van der Waals surface area (Å²) in [7, 11) is 1.50. The van der Waals surface area contributed by atoms with Crippen molar-refractivity contribution in [2.75, 3.05) is 26.8 Å². The number of nitrogens with zero attached hydrogens (tertiary/aromatic N) is 1. The van der Waals surface area contributed by atoms with Gasteiger partial charge >= 0.3 is 0 Å². The van der Waals surface area contributed by atoms with Gasteiger partial charge in [-0.25, -0.2) is 0 Å². The van der Waals surface area contributed by atoms with Crippen molar-refractivity contribution < 1.29 is 14.3 Å². The molecule has 1 heterocycles. The second-order valence-corrected chi connectivity index (χ2v) is 5.90. The van der Waals surface area contributed by atoms with Crippen LogP contribution >= 0.6 is 11.6 Å². The van der Waals surface area contributed by atoms with Crippen molar-refractivity contribution >= 4 is 23.4 Å². The van der Waals surface area contributed by atoms with Gasteiger partial charge in [-0.15, -0.1) is 0 Å². The van der Waals surface area contributed by atoms with Crippen LogP contribution in [0, 0.1) is 0 Å². The van der Waals surface area contributed by atoms with Crippen LogP contribution < -0.4 is 5.32 Å². The molecule has 2 amide bonds. The number of amides is 2. The molecule has 0 aromatic heterocycles. The zero-order valence-electron chi connectivity index (χ0n) is 12.7. The van der Waals surface area contributed by atoms with Gasteiger partial charge in [0.1, 0.15) is 6.61 Å². The van der Waals surface area contributed by atoms with Gasteiger partial charge < -0.3 is 15.0 Å². The zero-order chi connectivity index (χ0) is 15.9. The molecule has 6 heteroatoms. The quantitative estimate of drug-likeness (QED) is 0.895. The minimum absolute atomic E-state index is 0.0791. The Hall–Kier alpha value is -1.59. The molecule has 120 valence electrons. The van der Waals surface area contributed by atoms with E-state index in [1.807, 2.05) is 17.0 Å². The summed E-state index contributed by atoms with van der Waals surface area (Å²) in [5.74, 6) is 0.0115. The third-order valence-electron chi connectivity index (χ3n) is 3.76. The lowest BCUT2D eigenvalue weighted by Crippen LogP contribution is -2.47. The fourth-order valence-electron chi connectivity index (χ4n) is 2.56. The highest BCUT2D eigenvalue weighted by atomic mass is 35.5. The first kappa shape index (κ1) is 16.8. The monoisotopic (exact) mass is 324 g/mol. The van der Waals surface area contributed by atoms with E-state index in [9.17, 15) is 9.59 Å². The molecule has 0 atom stereocenters. The first-order valence-corrected chi connectivity index (χ1v) is 7.77. The second-order valence-electron chi connectivity index (χ2n) is 5.46. The van der Waals surface area contributed by atoms with Crippen molar-refractivity contribution in [2.24, 2.45) is 0 Å². The molecule has 1 saturated heterocycles. The van der Waals surface area contributed by atoms with Gasteiger partial charge in [0, 0.05) is 31.3 Å². The van der Waals surface area contributed by atoms with Crippen LogP contribution in [-0.4, -0.2) is 49.6 Å². The zero-order valence-corrected chi connectivity index (χ0v) is 13.4. The number of nitrogens with one attached hydrogen (secondary N) is 1. The van der Waals surface area contributed by atoms with Crippen molar-refractivity contribution in [2.45, 2.75) is 25.3 Å². The van der Waals surface area contributed by atoms with E-state index in [0.717, 1.165) is 18.4 Å². The van der Waals surface area contributed by atoms with Crippen molar-refractivity contribution in [1.82, 2.24) is 10.2 Å². The van der Waals surface area contributed by atoms with Gasteiger partial charge in [0.15, 0.2) is 0 Å². The molecule has 0 saturated carbocycles. The normalized spacial score (nSPS) is 15.6. The Bertz CT molecular complexity index is 511. The molecule has 1 aliphatic heterocycles. The molecule has 0 radical (unpaired) electrons. The second kappa shape index (κ2) is 8.15. The maximum absolute atomic E-state index is 12.3. The number of hydrogen-bond donors (Lipinski definition) is 1. The number of likely N-dealkylation sites (tertiary alicyclic amines) is 1. The highest BCUT2D eigenvalue weighted by Crippen LogP contribution is 2.14. The Morgan fingerprint density at radius 3 is 2.50 bits per heavy atom. The Labute approximate surface area is 135 Å². The summed E-state index contributed by atoms with van der Waals surface area (Å²) < 4.78 is 4.79. The Balaban J connectivity index is 1.77. The highest BCUT2D eigenvalue weighted by Gasteiger charge is 2.23. The van der Waals surface area contributed by atoms with E-state index in [2.05, 4.69) is 5.32 Å². The predicted molar refractivity (Wildman–Crippen MR) is 84.8 cm³/mol. The molecular weight excluding hydrogens is 304 g/mol. The van der Waals surface area contributed by atoms with Crippen molar-refractivity contribution in [3.8, 4) is 0 Å². The lowest BCUT2D eigenvalue weighted by Gasteiger charge is -2.32. The van der Waals surface area contributed by atoms with Crippen LogP contribution in [0.2, 0.25) is 5.02 Å². The van der Waals surface area contributed by atoms with Gasteiger partial charge in [-0.2, -0.15) is 0 Å². The molecule has 5 nitrogen and oxygen atoms in total. The van der Waals surface area contributed by atoms with Crippen LogP contribution in [0.15, 0.2) is 24.3 Å². The van der Waals surface area contributed by atoms with Crippen LogP contribution in [0.3, 0.4) is 0 Å². The van der Waals surface area contributed by atoms with E-state index in [1.54, 1.807) is 12.1 Å². The number of hydrogen-bond acceptors (Lipinski definition) is 3. The summed E-state index contributed by atoms with van der Waals surface area (Å²) in [4.78, 5) is 25.6. The molecule has 1 aliphatic rings. The van der Waals surface area contributed by atoms with Gasteiger partial charge in [0.05, 0.1) is 6.42 Å². The van der Waals surface area contributed by atoms with E-state index in [1.165, 1.54) is 7.11 Å². The van der Waals surface area contributed by atoms with Crippen LogP contribution in [0.1, 0.15) is 18.4 Å². The molecule has 1 N–H and O–H groups in total. The van der Waals surface area contributed by atoms with E-state index < -0.39 is 0 Å². The summed E-state index contributed by atoms with van der Waals surface area (Å²) in [6.07, 6.45) is 1.95. The van der Waals surface area contributed by atoms with Crippen molar-refractivity contribution in [3.05, 3.63) is 34.9 Å². The SMILES string of the molecule is COCC(=O)NC1CCN(C(=O)Cc2ccc(Cl)cc2)CC1. The number of halogens is 1. The topological polar surface area (TPSA) is 58.6 Å². The van der Waals surface area contributed by atoms with Gasteiger partial charge in [-0.05, 0) is 30.5 Å². The lowest BCUT2D eigenvalue weighted by molar-refractivity contribution is -0.131. The molecule has 0 aliphatic carbocycles. The minimum Gasteiger partial charge on any atom is -0.375 e. The largest absolute Gasteiger partial charge is 0.375 e. The van der Waals surface area contributed by atoms with Gasteiger partial charge in [-0.3, -0.25) is 9.59 Å². The van der Waals surface area contributed by atoms with E-state index >= 15 is 0 Å². The number of benzene rings is 1. The van der Waals surface area contributed by atoms with E-state index in [-0.39, 0.29) is 24.5 Å². The molecule has 2 rings (SSSR count). The third-order valence-corrected chi connectivity index (χ3v) is 4.01. The Morgan fingerprint density at radius 1 is 1.27 bits per heavy atom. The number of carbonyl (C=O) groups excluding carboxylic acids is 2. The van der Waals surface area contributed by atoms with E-state index in [0.29, 0.717) is 24.5 Å². The first-order valence-electron chi connectivity index (χ1n) is 7.39. The molecule has 22 heavy (non-hydrogen) atoms. The summed E-state index contributed by atoms with van der Waals surface area (Å²) in [5.41, 5.74) is 0.963. The molecule has 0 spiro atoms. The fraction of sp³-hybridized carbons (Fsp3) is 0.500. The molecule has 0 bridgehead atoms. The van der Waals surface area contributed by atoms with Crippen LogP contribution in [0.4, 0.5) is 0 Å². The third kappa shape index (κ3) is 5.00.